The summed E-state index contributed by atoms with van der Waals surface area (Å²) in [7, 11) is 0. The third-order valence-corrected chi connectivity index (χ3v) is 0.928. The summed E-state index contributed by atoms with van der Waals surface area (Å²) < 4.78 is 4.30. The Hall–Kier alpha value is -1.83. The van der Waals surface area contributed by atoms with Crippen LogP contribution in [0.25, 0.3) is 0 Å². The van der Waals surface area contributed by atoms with Gasteiger partial charge in [-0.2, -0.15) is 5.26 Å². The summed E-state index contributed by atoms with van der Waals surface area (Å²) in [6.07, 6.45) is 0.422. The molecule has 0 fully saturated rings. The lowest BCUT2D eigenvalue weighted by Gasteiger charge is -1.94. The second-order valence-electron chi connectivity index (χ2n) is 1.93. The van der Waals surface area contributed by atoms with E-state index >= 15 is 0 Å². The average Bonchev–Trinajstić information content (AvgIpc) is 2.00. The van der Waals surface area contributed by atoms with Gasteiger partial charge in [-0.25, -0.2) is 4.79 Å². The number of carbonyl (C=O) groups excluding carboxylic acids is 1. The summed E-state index contributed by atoms with van der Waals surface area (Å²) >= 11 is 0. The van der Waals surface area contributed by atoms with Gasteiger partial charge in [0.25, 0.3) is 0 Å². The number of carboxylic acids is 1. The standard InChI is InChI=1S/C7H7NO4/c1-5(7(10)11)4-12-6(9)2-3-8/h4H,2H2,1H3,(H,10,11). The van der Waals surface area contributed by atoms with Crippen LogP contribution in [0, 0.1) is 11.3 Å². The van der Waals surface area contributed by atoms with E-state index in [1.54, 1.807) is 6.07 Å². The molecule has 0 unspecified atom stereocenters. The number of carboxylic acid groups (broad SMARTS) is 1. The summed E-state index contributed by atoms with van der Waals surface area (Å²) in [5.41, 5.74) is -0.0960. The van der Waals surface area contributed by atoms with E-state index in [2.05, 4.69) is 4.74 Å². The number of carbonyl (C=O) groups is 2. The van der Waals surface area contributed by atoms with Crippen LogP contribution in [-0.4, -0.2) is 17.0 Å². The fourth-order valence-corrected chi connectivity index (χ4v) is 0.311. The first-order valence-electron chi connectivity index (χ1n) is 3.04. The topological polar surface area (TPSA) is 87.4 Å². The van der Waals surface area contributed by atoms with Gasteiger partial charge < -0.3 is 9.84 Å². The van der Waals surface area contributed by atoms with Crippen molar-refractivity contribution in [3.05, 3.63) is 11.8 Å². The molecular weight excluding hydrogens is 162 g/mol. The Kier molecular flexibility index (Phi) is 4.16. The highest BCUT2D eigenvalue weighted by molar-refractivity contribution is 5.86. The van der Waals surface area contributed by atoms with E-state index in [0.717, 1.165) is 6.26 Å². The van der Waals surface area contributed by atoms with Crippen molar-refractivity contribution in [2.75, 3.05) is 0 Å². The molecule has 5 heteroatoms. The van der Waals surface area contributed by atoms with Crippen LogP contribution in [0.15, 0.2) is 11.8 Å². The van der Waals surface area contributed by atoms with E-state index in [4.69, 9.17) is 10.4 Å². The van der Waals surface area contributed by atoms with Crippen molar-refractivity contribution >= 4 is 11.9 Å². The number of esters is 1. The lowest BCUT2D eigenvalue weighted by molar-refractivity contribution is -0.137. The van der Waals surface area contributed by atoms with Crippen LogP contribution >= 0.6 is 0 Å². The van der Waals surface area contributed by atoms with Crippen LogP contribution in [0.1, 0.15) is 13.3 Å². The SMILES string of the molecule is CC(=COC(=O)CC#N)C(=O)O. The molecule has 64 valence electrons. The van der Waals surface area contributed by atoms with Crippen LogP contribution < -0.4 is 0 Å². The number of aliphatic carboxylic acids is 1. The Morgan fingerprint density at radius 2 is 2.25 bits per heavy atom. The number of rotatable bonds is 3. The summed E-state index contributed by atoms with van der Waals surface area (Å²) in [5, 5.41) is 16.3. The van der Waals surface area contributed by atoms with Crippen molar-refractivity contribution in [1.82, 2.24) is 0 Å². The Morgan fingerprint density at radius 3 is 2.67 bits per heavy atom. The van der Waals surface area contributed by atoms with Gasteiger partial charge in [-0.15, -0.1) is 0 Å². The second-order valence-corrected chi connectivity index (χ2v) is 1.93. The van der Waals surface area contributed by atoms with Gasteiger partial charge >= 0.3 is 11.9 Å². The minimum absolute atomic E-state index is 0.0960. The molecule has 0 spiro atoms. The highest BCUT2D eigenvalue weighted by Crippen LogP contribution is 1.94. The monoisotopic (exact) mass is 169 g/mol. The molecule has 0 heterocycles. The van der Waals surface area contributed by atoms with Crippen molar-refractivity contribution in [2.24, 2.45) is 0 Å². The van der Waals surface area contributed by atoms with Gasteiger partial charge in [0.05, 0.1) is 11.6 Å². The maximum atomic E-state index is 10.5. The average molecular weight is 169 g/mol. The summed E-state index contributed by atoms with van der Waals surface area (Å²) in [6, 6.07) is 1.57. The van der Waals surface area contributed by atoms with E-state index in [1.807, 2.05) is 0 Å². The zero-order chi connectivity index (χ0) is 9.56. The summed E-state index contributed by atoms with van der Waals surface area (Å²) in [6.45, 7) is 1.28. The van der Waals surface area contributed by atoms with Gasteiger partial charge in [-0.1, -0.05) is 0 Å². The molecule has 0 aliphatic carbocycles. The minimum Gasteiger partial charge on any atom is -0.478 e. The van der Waals surface area contributed by atoms with Gasteiger partial charge in [-0.3, -0.25) is 4.79 Å². The second kappa shape index (κ2) is 4.91. The minimum atomic E-state index is -1.17. The van der Waals surface area contributed by atoms with Crippen molar-refractivity contribution < 1.29 is 19.4 Å². The van der Waals surface area contributed by atoms with E-state index in [9.17, 15) is 9.59 Å². The van der Waals surface area contributed by atoms with Crippen LogP contribution in [0.2, 0.25) is 0 Å². The van der Waals surface area contributed by atoms with Crippen LogP contribution in [-0.2, 0) is 14.3 Å². The fraction of sp³-hybridized carbons (Fsp3) is 0.286. The van der Waals surface area contributed by atoms with Crippen molar-refractivity contribution in [2.45, 2.75) is 13.3 Å². The number of hydrogen-bond acceptors (Lipinski definition) is 4. The molecular formula is C7H7NO4. The van der Waals surface area contributed by atoms with E-state index in [0.29, 0.717) is 0 Å². The Labute approximate surface area is 68.9 Å². The predicted molar refractivity (Wildman–Crippen MR) is 37.7 cm³/mol. The molecule has 0 aliphatic heterocycles. The van der Waals surface area contributed by atoms with Gasteiger partial charge in [0.1, 0.15) is 12.7 Å². The smallest absolute Gasteiger partial charge is 0.334 e. The third-order valence-electron chi connectivity index (χ3n) is 0.928. The maximum Gasteiger partial charge on any atom is 0.334 e. The van der Waals surface area contributed by atoms with Crippen LogP contribution in [0.4, 0.5) is 0 Å². The lowest BCUT2D eigenvalue weighted by Crippen LogP contribution is -2.01. The van der Waals surface area contributed by atoms with Crippen LogP contribution in [0.3, 0.4) is 0 Å². The summed E-state index contributed by atoms with van der Waals surface area (Å²) in [4.78, 5) is 20.6. The van der Waals surface area contributed by atoms with E-state index < -0.39 is 11.9 Å². The number of nitriles is 1. The molecule has 0 bridgehead atoms. The van der Waals surface area contributed by atoms with E-state index in [-0.39, 0.29) is 12.0 Å². The first kappa shape index (κ1) is 10.2. The first-order valence-corrected chi connectivity index (χ1v) is 3.04. The number of hydrogen-bond donors (Lipinski definition) is 1. The number of ether oxygens (including phenoxy) is 1. The Balaban J connectivity index is 3.98. The normalized spacial score (nSPS) is 10.2. The molecule has 0 aromatic rings. The lowest BCUT2D eigenvalue weighted by atomic mass is 10.3. The first-order chi connectivity index (χ1) is 5.57. The predicted octanol–water partition coefficient (Wildman–Crippen LogP) is 0.432. The zero-order valence-electron chi connectivity index (χ0n) is 6.40. The highest BCUT2D eigenvalue weighted by atomic mass is 16.5. The molecule has 0 radical (unpaired) electrons. The van der Waals surface area contributed by atoms with Gasteiger partial charge in [0.15, 0.2) is 0 Å². The molecule has 0 aromatic carbocycles. The molecule has 5 nitrogen and oxygen atoms in total. The zero-order valence-corrected chi connectivity index (χ0v) is 6.40. The molecule has 0 aliphatic rings. The molecule has 0 rings (SSSR count). The van der Waals surface area contributed by atoms with Crippen LogP contribution in [0.5, 0.6) is 0 Å². The van der Waals surface area contributed by atoms with E-state index in [1.165, 1.54) is 6.92 Å². The molecule has 0 saturated carbocycles. The maximum absolute atomic E-state index is 10.5. The van der Waals surface area contributed by atoms with Gasteiger partial charge in [-0.05, 0) is 6.92 Å². The summed E-state index contributed by atoms with van der Waals surface area (Å²) in [5.74, 6) is -1.93. The molecule has 0 amide bonds. The number of nitrogens with zero attached hydrogens (tertiary/aromatic N) is 1. The molecule has 0 aromatic heterocycles. The Morgan fingerprint density at radius 1 is 1.67 bits per heavy atom. The molecule has 0 saturated heterocycles. The highest BCUT2D eigenvalue weighted by Gasteiger charge is 2.02. The molecule has 12 heavy (non-hydrogen) atoms. The van der Waals surface area contributed by atoms with Gasteiger partial charge in [0.2, 0.25) is 0 Å². The fourth-order valence-electron chi connectivity index (χ4n) is 0.311. The third kappa shape index (κ3) is 4.06. The van der Waals surface area contributed by atoms with Crippen molar-refractivity contribution in [3.8, 4) is 6.07 Å². The molecule has 1 N–H and O–H groups in total. The quantitative estimate of drug-likeness (QED) is 0.376. The Bertz CT molecular complexity index is 261. The van der Waals surface area contributed by atoms with Crippen molar-refractivity contribution in [3.63, 3.8) is 0 Å². The largest absolute Gasteiger partial charge is 0.478 e. The molecule has 0 atom stereocenters. The van der Waals surface area contributed by atoms with Gasteiger partial charge in [0, 0.05) is 0 Å². The van der Waals surface area contributed by atoms with Crippen molar-refractivity contribution in [1.29, 1.82) is 5.26 Å².